The van der Waals surface area contributed by atoms with Crippen LogP contribution in [0.15, 0.2) is 0 Å². The zero-order chi connectivity index (χ0) is 8.93. The van der Waals surface area contributed by atoms with Crippen LogP contribution >= 0.6 is 0 Å². The zero-order valence-electron chi connectivity index (χ0n) is 8.26. The second-order valence-corrected chi connectivity index (χ2v) is 5.16. The average molecular weight is 166 g/mol. The van der Waals surface area contributed by atoms with Crippen molar-refractivity contribution in [2.45, 2.75) is 40.0 Å². The van der Waals surface area contributed by atoms with Gasteiger partial charge in [-0.15, -0.1) is 0 Å². The minimum atomic E-state index is 0.332. The molecule has 2 aliphatic rings. The molecule has 68 valence electrons. The summed E-state index contributed by atoms with van der Waals surface area (Å²) in [5, 5.41) is 0. The summed E-state index contributed by atoms with van der Waals surface area (Å²) in [5.41, 5.74) is 0.438. The fraction of sp³-hybridized carbons (Fsp3) is 0.909. The highest BCUT2D eigenvalue weighted by Crippen LogP contribution is 2.55. The molecule has 0 N–H and O–H groups in total. The van der Waals surface area contributed by atoms with E-state index in [0.717, 1.165) is 6.42 Å². The second-order valence-electron chi connectivity index (χ2n) is 5.16. The third-order valence-corrected chi connectivity index (χ3v) is 4.39. The standard InChI is InChI=1S/C11H18O/c1-7-9-5-4-8(6-10(7)12)11(9,2)3/h7-9H,4-6H2,1-3H3. The van der Waals surface area contributed by atoms with Gasteiger partial charge in [0.25, 0.3) is 0 Å². The van der Waals surface area contributed by atoms with Gasteiger partial charge in [0.15, 0.2) is 0 Å². The maximum atomic E-state index is 11.5. The molecule has 1 heteroatoms. The van der Waals surface area contributed by atoms with E-state index >= 15 is 0 Å². The Hall–Kier alpha value is -0.330. The Balaban J connectivity index is 2.31. The van der Waals surface area contributed by atoms with Crippen molar-refractivity contribution < 1.29 is 4.79 Å². The zero-order valence-corrected chi connectivity index (χ0v) is 8.26. The normalized spacial score (nSPS) is 44.9. The molecule has 2 saturated carbocycles. The van der Waals surface area contributed by atoms with Crippen molar-refractivity contribution >= 4 is 5.78 Å². The van der Waals surface area contributed by atoms with Crippen LogP contribution in [0.4, 0.5) is 0 Å². The molecule has 12 heavy (non-hydrogen) atoms. The van der Waals surface area contributed by atoms with Crippen LogP contribution in [0.3, 0.4) is 0 Å². The number of fused-ring (bicyclic) bond motifs is 2. The number of carbonyl (C=O) groups excluding carboxylic acids is 1. The lowest BCUT2D eigenvalue weighted by atomic mass is 9.63. The summed E-state index contributed by atoms with van der Waals surface area (Å²) in [6.07, 6.45) is 3.42. The summed E-state index contributed by atoms with van der Waals surface area (Å²) >= 11 is 0. The van der Waals surface area contributed by atoms with Crippen LogP contribution < -0.4 is 0 Å². The van der Waals surface area contributed by atoms with Crippen LogP contribution in [0.5, 0.6) is 0 Å². The van der Waals surface area contributed by atoms with Crippen molar-refractivity contribution in [1.82, 2.24) is 0 Å². The fourth-order valence-electron chi connectivity index (χ4n) is 3.34. The molecule has 0 aromatic carbocycles. The Bertz CT molecular complexity index is 217. The molecule has 0 spiro atoms. The smallest absolute Gasteiger partial charge is 0.136 e. The molecule has 3 unspecified atom stereocenters. The van der Waals surface area contributed by atoms with Gasteiger partial charge in [0.05, 0.1) is 0 Å². The maximum absolute atomic E-state index is 11.5. The maximum Gasteiger partial charge on any atom is 0.136 e. The third kappa shape index (κ3) is 0.884. The molecule has 0 aromatic heterocycles. The Morgan fingerprint density at radius 2 is 2.00 bits per heavy atom. The Morgan fingerprint density at radius 3 is 2.67 bits per heavy atom. The predicted molar refractivity (Wildman–Crippen MR) is 48.8 cm³/mol. The molecule has 0 aliphatic heterocycles. The molecule has 0 heterocycles. The first-order valence-electron chi connectivity index (χ1n) is 5.06. The van der Waals surface area contributed by atoms with Gasteiger partial charge in [-0.1, -0.05) is 20.8 Å². The van der Waals surface area contributed by atoms with Gasteiger partial charge < -0.3 is 0 Å². The molecule has 2 aliphatic carbocycles. The van der Waals surface area contributed by atoms with Gasteiger partial charge in [0, 0.05) is 12.3 Å². The topological polar surface area (TPSA) is 17.1 Å². The molecular formula is C11H18O. The number of Topliss-reactive ketones (excluding diaryl/α,β-unsaturated/α-hetero) is 1. The lowest BCUT2D eigenvalue weighted by Crippen LogP contribution is -2.39. The monoisotopic (exact) mass is 166 g/mol. The van der Waals surface area contributed by atoms with Crippen molar-refractivity contribution in [3.8, 4) is 0 Å². The number of hydrogen-bond acceptors (Lipinski definition) is 1. The van der Waals surface area contributed by atoms with E-state index in [9.17, 15) is 4.79 Å². The largest absolute Gasteiger partial charge is 0.299 e. The van der Waals surface area contributed by atoms with Gasteiger partial charge in [-0.25, -0.2) is 0 Å². The lowest BCUT2D eigenvalue weighted by Gasteiger charge is -2.40. The van der Waals surface area contributed by atoms with Gasteiger partial charge in [-0.3, -0.25) is 4.79 Å². The van der Waals surface area contributed by atoms with Crippen molar-refractivity contribution in [3.05, 3.63) is 0 Å². The van der Waals surface area contributed by atoms with E-state index in [4.69, 9.17) is 0 Å². The number of ketones is 1. The summed E-state index contributed by atoms with van der Waals surface area (Å²) in [4.78, 5) is 11.5. The minimum Gasteiger partial charge on any atom is -0.299 e. The van der Waals surface area contributed by atoms with E-state index in [0.29, 0.717) is 29.0 Å². The van der Waals surface area contributed by atoms with Gasteiger partial charge in [0.2, 0.25) is 0 Å². The van der Waals surface area contributed by atoms with E-state index in [1.807, 2.05) is 0 Å². The lowest BCUT2D eigenvalue weighted by molar-refractivity contribution is -0.130. The molecule has 1 nitrogen and oxygen atoms in total. The van der Waals surface area contributed by atoms with Crippen molar-refractivity contribution in [2.24, 2.45) is 23.2 Å². The SMILES string of the molecule is CC1C(=O)CC2CCC1C2(C)C. The van der Waals surface area contributed by atoms with Crippen LogP contribution in [0, 0.1) is 23.2 Å². The molecule has 2 fully saturated rings. The van der Waals surface area contributed by atoms with E-state index < -0.39 is 0 Å². The fourth-order valence-corrected chi connectivity index (χ4v) is 3.34. The van der Waals surface area contributed by atoms with Crippen molar-refractivity contribution in [1.29, 1.82) is 0 Å². The quantitative estimate of drug-likeness (QED) is 0.540. The van der Waals surface area contributed by atoms with Gasteiger partial charge in [0.1, 0.15) is 5.78 Å². The third-order valence-electron chi connectivity index (χ3n) is 4.39. The summed E-state index contributed by atoms with van der Waals surface area (Å²) in [7, 11) is 0. The van der Waals surface area contributed by atoms with Crippen LogP contribution in [-0.2, 0) is 4.79 Å². The van der Waals surface area contributed by atoms with Crippen LogP contribution in [0.1, 0.15) is 40.0 Å². The Labute approximate surface area is 74.5 Å². The first-order valence-corrected chi connectivity index (χ1v) is 5.06. The number of rotatable bonds is 0. The highest BCUT2D eigenvalue weighted by Gasteiger charge is 2.51. The molecule has 0 saturated heterocycles. The summed E-state index contributed by atoms with van der Waals surface area (Å²) in [5.74, 6) is 2.20. The van der Waals surface area contributed by atoms with E-state index in [-0.39, 0.29) is 0 Å². The first kappa shape index (κ1) is 8.28. The second kappa shape index (κ2) is 2.34. The minimum absolute atomic E-state index is 0.332. The van der Waals surface area contributed by atoms with Crippen LogP contribution in [0.25, 0.3) is 0 Å². The van der Waals surface area contributed by atoms with Crippen molar-refractivity contribution in [3.63, 3.8) is 0 Å². The predicted octanol–water partition coefficient (Wildman–Crippen LogP) is 2.65. The van der Waals surface area contributed by atoms with Gasteiger partial charge >= 0.3 is 0 Å². The van der Waals surface area contributed by atoms with Gasteiger partial charge in [-0.05, 0) is 30.1 Å². The van der Waals surface area contributed by atoms with E-state index in [1.54, 1.807) is 0 Å². The number of hydrogen-bond donors (Lipinski definition) is 0. The molecule has 0 radical (unpaired) electrons. The highest BCUT2D eigenvalue weighted by atomic mass is 16.1. The Kier molecular flexibility index (Phi) is 1.61. The molecular weight excluding hydrogens is 148 g/mol. The molecule has 0 aromatic rings. The first-order chi connectivity index (χ1) is 5.53. The van der Waals surface area contributed by atoms with E-state index in [2.05, 4.69) is 20.8 Å². The highest BCUT2D eigenvalue weighted by molar-refractivity contribution is 5.82. The van der Waals surface area contributed by atoms with E-state index in [1.165, 1.54) is 12.8 Å². The number of carbonyl (C=O) groups is 1. The molecule has 0 amide bonds. The van der Waals surface area contributed by atoms with Gasteiger partial charge in [-0.2, -0.15) is 0 Å². The molecule has 3 atom stereocenters. The summed E-state index contributed by atoms with van der Waals surface area (Å²) < 4.78 is 0. The average Bonchev–Trinajstić information content (AvgIpc) is 2.14. The molecule has 2 bridgehead atoms. The van der Waals surface area contributed by atoms with Crippen LogP contribution in [-0.4, -0.2) is 5.78 Å². The van der Waals surface area contributed by atoms with Crippen LogP contribution in [0.2, 0.25) is 0 Å². The summed E-state index contributed by atoms with van der Waals surface area (Å²) in [6, 6.07) is 0. The Morgan fingerprint density at radius 1 is 1.33 bits per heavy atom. The summed E-state index contributed by atoms with van der Waals surface area (Å²) in [6.45, 7) is 6.81. The van der Waals surface area contributed by atoms with Crippen molar-refractivity contribution in [2.75, 3.05) is 0 Å². The molecule has 2 rings (SSSR count).